The smallest absolute Gasteiger partial charge is 0.237 e. The van der Waals surface area contributed by atoms with Gasteiger partial charge in [-0.25, -0.2) is 0 Å². The molecule has 1 fully saturated rings. The van der Waals surface area contributed by atoms with Gasteiger partial charge in [0.2, 0.25) is 5.91 Å². The molecule has 4 heteroatoms. The third kappa shape index (κ3) is 4.96. The zero-order valence-electron chi connectivity index (χ0n) is 14.6. The van der Waals surface area contributed by atoms with Crippen LogP contribution in [0.3, 0.4) is 0 Å². The number of carbonyl (C=O) groups is 1. The molecule has 1 aliphatic carbocycles. The van der Waals surface area contributed by atoms with E-state index in [9.17, 15) is 4.79 Å². The first-order chi connectivity index (χ1) is 9.86. The largest absolute Gasteiger partial charge is 0.350 e. The van der Waals surface area contributed by atoms with Gasteiger partial charge in [-0.1, -0.05) is 26.7 Å². The molecule has 3 unspecified atom stereocenters. The van der Waals surface area contributed by atoms with Crippen LogP contribution in [0.25, 0.3) is 0 Å². The molecule has 4 nitrogen and oxygen atoms in total. The summed E-state index contributed by atoms with van der Waals surface area (Å²) in [5.74, 6) is 0.679. The van der Waals surface area contributed by atoms with Crippen LogP contribution in [-0.2, 0) is 4.79 Å². The van der Waals surface area contributed by atoms with Crippen LogP contribution in [-0.4, -0.2) is 41.5 Å². The van der Waals surface area contributed by atoms with Gasteiger partial charge in [-0.15, -0.1) is 0 Å². The summed E-state index contributed by atoms with van der Waals surface area (Å²) in [7, 11) is 0. The van der Waals surface area contributed by atoms with Gasteiger partial charge in [0, 0.05) is 11.6 Å². The van der Waals surface area contributed by atoms with E-state index in [4.69, 9.17) is 5.73 Å². The van der Waals surface area contributed by atoms with Gasteiger partial charge in [0.05, 0.1) is 6.04 Å². The molecule has 124 valence electrons. The third-order valence-corrected chi connectivity index (χ3v) is 5.19. The van der Waals surface area contributed by atoms with Crippen LogP contribution in [0.5, 0.6) is 0 Å². The first-order valence-electron chi connectivity index (χ1n) is 8.64. The van der Waals surface area contributed by atoms with Gasteiger partial charge >= 0.3 is 0 Å². The second-order valence-corrected chi connectivity index (χ2v) is 7.08. The predicted octanol–water partition coefficient (Wildman–Crippen LogP) is 2.52. The molecule has 3 N–H and O–H groups in total. The minimum absolute atomic E-state index is 0.0852. The molecular weight excluding hydrogens is 262 g/mol. The molecule has 0 spiro atoms. The predicted molar refractivity (Wildman–Crippen MR) is 89.2 cm³/mol. The Morgan fingerprint density at radius 2 is 1.95 bits per heavy atom. The van der Waals surface area contributed by atoms with E-state index in [0.717, 1.165) is 19.5 Å². The summed E-state index contributed by atoms with van der Waals surface area (Å²) in [6.45, 7) is 12.1. The average Bonchev–Trinajstić information content (AvgIpc) is 2.48. The van der Waals surface area contributed by atoms with Crippen LogP contribution in [0.15, 0.2) is 0 Å². The molecule has 1 saturated carbocycles. The van der Waals surface area contributed by atoms with E-state index in [1.807, 2.05) is 6.92 Å². The zero-order chi connectivity index (χ0) is 16.0. The number of nitrogens with one attached hydrogen (secondary N) is 1. The van der Waals surface area contributed by atoms with Gasteiger partial charge in [-0.2, -0.15) is 0 Å². The van der Waals surface area contributed by atoms with Gasteiger partial charge in [0.25, 0.3) is 0 Å². The van der Waals surface area contributed by atoms with Crippen LogP contribution in [0, 0.1) is 5.92 Å². The van der Waals surface area contributed by atoms with Crippen molar-refractivity contribution in [3.05, 3.63) is 0 Å². The van der Waals surface area contributed by atoms with E-state index in [-0.39, 0.29) is 17.5 Å². The maximum absolute atomic E-state index is 12.6. The minimum atomic E-state index is -0.134. The van der Waals surface area contributed by atoms with Crippen molar-refractivity contribution in [1.29, 1.82) is 0 Å². The highest BCUT2D eigenvalue weighted by atomic mass is 16.2. The molecule has 0 aliphatic heterocycles. The van der Waals surface area contributed by atoms with Gasteiger partial charge in [-0.3, -0.25) is 9.69 Å². The number of nitrogens with zero attached hydrogens (tertiary/aromatic N) is 1. The Morgan fingerprint density at radius 1 is 1.33 bits per heavy atom. The molecule has 3 atom stereocenters. The quantitative estimate of drug-likeness (QED) is 0.759. The fourth-order valence-electron chi connectivity index (χ4n) is 3.37. The van der Waals surface area contributed by atoms with E-state index >= 15 is 0 Å². The van der Waals surface area contributed by atoms with Crippen molar-refractivity contribution in [2.45, 2.75) is 84.3 Å². The summed E-state index contributed by atoms with van der Waals surface area (Å²) in [6.07, 6.45) is 5.84. The van der Waals surface area contributed by atoms with Gasteiger partial charge in [0.1, 0.15) is 0 Å². The lowest BCUT2D eigenvalue weighted by atomic mass is 9.83. The van der Waals surface area contributed by atoms with Crippen LogP contribution >= 0.6 is 0 Å². The molecule has 0 saturated heterocycles. The van der Waals surface area contributed by atoms with E-state index in [1.54, 1.807) is 0 Å². The van der Waals surface area contributed by atoms with Crippen LogP contribution in [0.4, 0.5) is 0 Å². The maximum Gasteiger partial charge on any atom is 0.237 e. The molecular formula is C17H35N3O. The maximum atomic E-state index is 12.6. The Bertz CT molecular complexity index is 330. The Balaban J connectivity index is 2.75. The van der Waals surface area contributed by atoms with E-state index in [0.29, 0.717) is 12.0 Å². The standard InChI is InChI=1S/C17H35N3O/c1-6-17(4,5)19-16(21)13(3)20(7-2)15-11-9-8-10-14(15)12-18/h13-15H,6-12,18H2,1-5H3,(H,19,21). The molecule has 0 aromatic rings. The second-order valence-electron chi connectivity index (χ2n) is 7.08. The first kappa shape index (κ1) is 18.4. The topological polar surface area (TPSA) is 58.4 Å². The molecule has 1 rings (SSSR count). The van der Waals surface area contributed by atoms with Crippen molar-refractivity contribution >= 4 is 5.91 Å². The number of hydrogen-bond donors (Lipinski definition) is 2. The van der Waals surface area contributed by atoms with Gasteiger partial charge in [0.15, 0.2) is 0 Å². The van der Waals surface area contributed by atoms with Crippen molar-refractivity contribution in [2.24, 2.45) is 11.7 Å². The number of hydrogen-bond acceptors (Lipinski definition) is 3. The summed E-state index contributed by atoms with van der Waals surface area (Å²) in [5.41, 5.74) is 5.82. The normalized spacial score (nSPS) is 24.9. The zero-order valence-corrected chi connectivity index (χ0v) is 14.6. The monoisotopic (exact) mass is 297 g/mol. The van der Waals surface area contributed by atoms with Gasteiger partial charge in [-0.05, 0) is 59.0 Å². The summed E-state index contributed by atoms with van der Waals surface area (Å²) >= 11 is 0. The molecule has 1 amide bonds. The first-order valence-corrected chi connectivity index (χ1v) is 8.64. The number of rotatable bonds is 7. The highest BCUT2D eigenvalue weighted by Gasteiger charge is 2.34. The molecule has 21 heavy (non-hydrogen) atoms. The lowest BCUT2D eigenvalue weighted by Gasteiger charge is -2.42. The molecule has 0 radical (unpaired) electrons. The molecule has 0 aromatic carbocycles. The number of nitrogens with two attached hydrogens (primary N) is 1. The highest BCUT2D eigenvalue weighted by Crippen LogP contribution is 2.29. The second kappa shape index (κ2) is 8.14. The lowest BCUT2D eigenvalue weighted by molar-refractivity contribution is -0.129. The Kier molecular flexibility index (Phi) is 7.14. The minimum Gasteiger partial charge on any atom is -0.350 e. The fourth-order valence-corrected chi connectivity index (χ4v) is 3.37. The average molecular weight is 297 g/mol. The summed E-state index contributed by atoms with van der Waals surface area (Å²) in [4.78, 5) is 14.9. The number of carbonyl (C=O) groups excluding carboxylic acids is 1. The lowest BCUT2D eigenvalue weighted by Crippen LogP contribution is -2.56. The molecule has 0 bridgehead atoms. The Hall–Kier alpha value is -0.610. The number of likely N-dealkylation sites (N-methyl/N-ethyl adjacent to an activating group) is 1. The van der Waals surface area contributed by atoms with Crippen molar-refractivity contribution in [3.63, 3.8) is 0 Å². The fraction of sp³-hybridized carbons (Fsp3) is 0.941. The summed E-state index contributed by atoms with van der Waals surface area (Å²) in [6, 6.07) is 0.372. The Morgan fingerprint density at radius 3 is 2.48 bits per heavy atom. The van der Waals surface area contributed by atoms with Crippen molar-refractivity contribution < 1.29 is 4.79 Å². The molecule has 1 aliphatic rings. The van der Waals surface area contributed by atoms with Crippen molar-refractivity contribution in [1.82, 2.24) is 10.2 Å². The van der Waals surface area contributed by atoms with Crippen molar-refractivity contribution in [3.8, 4) is 0 Å². The molecule has 0 aromatic heterocycles. The van der Waals surface area contributed by atoms with E-state index < -0.39 is 0 Å². The summed E-state index contributed by atoms with van der Waals surface area (Å²) in [5, 5.41) is 3.18. The van der Waals surface area contributed by atoms with Crippen LogP contribution < -0.4 is 11.1 Å². The Labute approximate surface area is 130 Å². The van der Waals surface area contributed by atoms with Crippen molar-refractivity contribution in [2.75, 3.05) is 13.1 Å². The molecule has 0 heterocycles. The van der Waals surface area contributed by atoms with E-state index in [2.05, 4.69) is 37.9 Å². The summed E-state index contributed by atoms with van der Waals surface area (Å²) < 4.78 is 0. The third-order valence-electron chi connectivity index (χ3n) is 5.19. The van der Waals surface area contributed by atoms with Crippen LogP contribution in [0.2, 0.25) is 0 Å². The number of amides is 1. The van der Waals surface area contributed by atoms with E-state index in [1.165, 1.54) is 25.7 Å². The SMILES string of the molecule is CCN(C(C)C(=O)NC(C)(C)CC)C1CCCCC1CN. The van der Waals surface area contributed by atoms with Crippen LogP contribution in [0.1, 0.15) is 66.7 Å². The highest BCUT2D eigenvalue weighted by molar-refractivity contribution is 5.82. The van der Waals surface area contributed by atoms with Gasteiger partial charge < -0.3 is 11.1 Å².